The Morgan fingerprint density at radius 2 is 1.93 bits per heavy atom. The van der Waals surface area contributed by atoms with Crippen molar-refractivity contribution in [1.82, 2.24) is 5.32 Å². The lowest BCUT2D eigenvalue weighted by Crippen LogP contribution is -2.31. The number of thioether (sulfide) groups is 1. The molecule has 0 unspecified atom stereocenters. The number of hydrogen-bond donors (Lipinski definition) is 3. The lowest BCUT2D eigenvalue weighted by molar-refractivity contribution is -0.114. The average Bonchev–Trinajstić information content (AvgIpc) is 3.68. The number of benzene rings is 1. The van der Waals surface area contributed by atoms with Gasteiger partial charge in [-0.15, -0.1) is 22.7 Å². The van der Waals surface area contributed by atoms with Crippen molar-refractivity contribution in [3.05, 3.63) is 84.5 Å². The molecule has 2 aliphatic rings. The second kappa shape index (κ2) is 14.2. The van der Waals surface area contributed by atoms with E-state index in [-0.39, 0.29) is 24.2 Å². The first-order valence-electron chi connectivity index (χ1n) is 14.2. The topological polar surface area (TPSA) is 130 Å². The van der Waals surface area contributed by atoms with Crippen LogP contribution in [0.1, 0.15) is 58.3 Å². The third-order valence-electron chi connectivity index (χ3n) is 7.33. The van der Waals surface area contributed by atoms with Crippen LogP contribution in [0.2, 0.25) is 0 Å². The first-order chi connectivity index (χ1) is 21.4. The van der Waals surface area contributed by atoms with Gasteiger partial charge in [0.1, 0.15) is 10.8 Å². The summed E-state index contributed by atoms with van der Waals surface area (Å²) in [4.78, 5) is 41.7. The van der Waals surface area contributed by atoms with Gasteiger partial charge < -0.3 is 25.4 Å². The molecule has 2 aromatic heterocycles. The Bertz CT molecular complexity index is 1680. The van der Waals surface area contributed by atoms with Crippen LogP contribution in [0.25, 0.3) is 0 Å². The fourth-order valence-electron chi connectivity index (χ4n) is 5.38. The van der Waals surface area contributed by atoms with E-state index < -0.39 is 11.9 Å². The minimum atomic E-state index is -0.624. The number of nitrogens with zero attached hydrogens (tertiary/aromatic N) is 1. The number of dihydropyridines is 1. The van der Waals surface area contributed by atoms with Crippen LogP contribution in [0.3, 0.4) is 0 Å². The van der Waals surface area contributed by atoms with Crippen molar-refractivity contribution >= 4 is 62.9 Å². The highest BCUT2D eigenvalue weighted by atomic mass is 32.2. The molecule has 3 N–H and O–H groups in total. The molecule has 0 spiro atoms. The number of amides is 2. The van der Waals surface area contributed by atoms with Crippen molar-refractivity contribution in [2.75, 3.05) is 30.1 Å². The second-order valence-corrected chi connectivity index (χ2v) is 13.2. The minimum Gasteiger partial charge on any atom is -0.495 e. The second-order valence-electron chi connectivity index (χ2n) is 10.1. The Labute approximate surface area is 268 Å². The number of thiophene rings is 2. The number of esters is 1. The summed E-state index contributed by atoms with van der Waals surface area (Å²) in [5.41, 5.74) is 3.28. The van der Waals surface area contributed by atoms with Gasteiger partial charge in [0.05, 0.1) is 53.3 Å². The van der Waals surface area contributed by atoms with E-state index in [0.29, 0.717) is 43.9 Å². The van der Waals surface area contributed by atoms with E-state index in [0.717, 1.165) is 41.0 Å². The number of anilines is 2. The number of carbonyl (C=O) groups is 3. The van der Waals surface area contributed by atoms with Crippen LogP contribution in [0, 0.1) is 11.3 Å². The molecular formula is C32H32N4O5S3. The average molecular weight is 649 g/mol. The molecule has 3 heterocycles. The summed E-state index contributed by atoms with van der Waals surface area (Å²) in [7, 11) is 1.53. The zero-order chi connectivity index (χ0) is 31.2. The molecule has 3 aromatic rings. The minimum absolute atomic E-state index is 0.00840. The molecule has 0 saturated carbocycles. The highest BCUT2D eigenvalue weighted by Gasteiger charge is 2.36. The fraction of sp³-hybridized carbons (Fsp3) is 0.312. The molecule has 1 atom stereocenters. The summed E-state index contributed by atoms with van der Waals surface area (Å²) in [5, 5.41) is 22.4. The summed E-state index contributed by atoms with van der Waals surface area (Å²) in [6.45, 7) is 3.80. The number of rotatable bonds is 10. The predicted molar refractivity (Wildman–Crippen MR) is 175 cm³/mol. The maximum Gasteiger partial charge on any atom is 0.341 e. The SMILES string of the molecule is CCOC(=O)c1c(NC(=O)CSC2=C(C#N)[C@H](c3cccs3)C(C(=O)Nc3ccccc3OC)=C(C)N2)sc2c1CCCC2. The molecule has 1 aliphatic carbocycles. The van der Waals surface area contributed by atoms with E-state index in [2.05, 4.69) is 22.0 Å². The van der Waals surface area contributed by atoms with Gasteiger partial charge in [-0.1, -0.05) is 30.0 Å². The van der Waals surface area contributed by atoms with Crippen molar-refractivity contribution in [3.63, 3.8) is 0 Å². The zero-order valence-electron chi connectivity index (χ0n) is 24.6. The van der Waals surface area contributed by atoms with Gasteiger partial charge in [0.2, 0.25) is 5.91 Å². The molecule has 9 nitrogen and oxygen atoms in total. The first kappa shape index (κ1) is 31.4. The number of methoxy groups -OCH3 is 1. The largest absolute Gasteiger partial charge is 0.495 e. The summed E-state index contributed by atoms with van der Waals surface area (Å²) < 4.78 is 10.7. The number of para-hydroxylation sites is 2. The van der Waals surface area contributed by atoms with Crippen molar-refractivity contribution in [3.8, 4) is 11.8 Å². The number of nitrogens with one attached hydrogen (secondary N) is 3. The molecule has 0 radical (unpaired) electrons. The third-order valence-corrected chi connectivity index (χ3v) is 10.5. The Morgan fingerprint density at radius 3 is 2.66 bits per heavy atom. The molecule has 2 amide bonds. The lowest BCUT2D eigenvalue weighted by atomic mass is 9.86. The number of allylic oxidation sites excluding steroid dienone is 2. The molecule has 228 valence electrons. The predicted octanol–water partition coefficient (Wildman–Crippen LogP) is 6.58. The smallest absolute Gasteiger partial charge is 0.341 e. The molecule has 5 rings (SSSR count). The van der Waals surface area contributed by atoms with Gasteiger partial charge in [0, 0.05) is 21.0 Å². The zero-order valence-corrected chi connectivity index (χ0v) is 27.0. The molecule has 0 bridgehead atoms. The number of hydrogen-bond acceptors (Lipinski definition) is 10. The van der Waals surface area contributed by atoms with Crippen LogP contribution in [-0.4, -0.2) is 37.3 Å². The highest BCUT2D eigenvalue weighted by molar-refractivity contribution is 8.03. The first-order valence-corrected chi connectivity index (χ1v) is 16.9. The Morgan fingerprint density at radius 1 is 1.14 bits per heavy atom. The van der Waals surface area contributed by atoms with E-state index in [4.69, 9.17) is 9.47 Å². The quantitative estimate of drug-likeness (QED) is 0.210. The van der Waals surface area contributed by atoms with Gasteiger partial charge >= 0.3 is 5.97 Å². The highest BCUT2D eigenvalue weighted by Crippen LogP contribution is 2.43. The normalized spacial score (nSPS) is 16.0. The number of nitriles is 1. The van der Waals surface area contributed by atoms with Crippen molar-refractivity contribution in [2.24, 2.45) is 0 Å². The Hall–Kier alpha value is -4.05. The summed E-state index contributed by atoms with van der Waals surface area (Å²) >= 11 is 4.07. The van der Waals surface area contributed by atoms with Crippen LogP contribution < -0.4 is 20.7 Å². The fourth-order valence-corrected chi connectivity index (χ4v) is 8.41. The summed E-state index contributed by atoms with van der Waals surface area (Å²) in [5.74, 6) is -1.20. The van der Waals surface area contributed by atoms with Gasteiger partial charge in [0.15, 0.2) is 0 Å². The van der Waals surface area contributed by atoms with Gasteiger partial charge in [-0.05, 0) is 68.7 Å². The molecule has 1 aliphatic heterocycles. The van der Waals surface area contributed by atoms with Crippen LogP contribution in [0.15, 0.2) is 63.7 Å². The van der Waals surface area contributed by atoms with Crippen LogP contribution >= 0.6 is 34.4 Å². The van der Waals surface area contributed by atoms with Crippen LogP contribution in [-0.2, 0) is 27.2 Å². The standard InChI is InChI=1S/C32H32N4O5S3/c1-4-41-32(39)28-19-10-5-8-13-23(19)44-31(28)36-25(37)17-43-30-20(16-33)27(24-14-9-15-42-24)26(18(2)34-30)29(38)35-21-11-6-7-12-22(21)40-3/h6-7,9,11-12,14-15,27,34H,4-5,8,10,13,17H2,1-3H3,(H,35,38)(H,36,37)/t27-/m1/s1. The molecular weight excluding hydrogens is 617 g/mol. The van der Waals surface area contributed by atoms with Gasteiger partial charge in [0.25, 0.3) is 5.91 Å². The van der Waals surface area contributed by atoms with E-state index in [1.54, 1.807) is 32.0 Å². The van der Waals surface area contributed by atoms with Crippen molar-refractivity contribution in [2.45, 2.75) is 45.4 Å². The monoisotopic (exact) mass is 648 g/mol. The maximum atomic E-state index is 13.7. The van der Waals surface area contributed by atoms with Crippen molar-refractivity contribution in [1.29, 1.82) is 5.26 Å². The van der Waals surface area contributed by atoms with E-state index >= 15 is 0 Å². The Balaban J connectivity index is 1.38. The van der Waals surface area contributed by atoms with E-state index in [1.165, 1.54) is 41.5 Å². The molecule has 12 heteroatoms. The van der Waals surface area contributed by atoms with E-state index in [1.807, 2.05) is 23.6 Å². The number of ether oxygens (including phenoxy) is 2. The van der Waals surface area contributed by atoms with Crippen LogP contribution in [0.4, 0.5) is 10.7 Å². The van der Waals surface area contributed by atoms with Crippen molar-refractivity contribution < 1.29 is 23.9 Å². The third kappa shape index (κ3) is 6.55. The molecule has 0 fully saturated rings. The van der Waals surface area contributed by atoms with Gasteiger partial charge in [-0.25, -0.2) is 4.79 Å². The molecule has 0 saturated heterocycles. The number of aryl methyl sites for hydroxylation is 1. The van der Waals surface area contributed by atoms with Crippen LogP contribution in [0.5, 0.6) is 5.75 Å². The molecule has 44 heavy (non-hydrogen) atoms. The Kier molecular flexibility index (Phi) is 10.1. The lowest BCUT2D eigenvalue weighted by Gasteiger charge is -2.29. The van der Waals surface area contributed by atoms with Gasteiger partial charge in [-0.2, -0.15) is 5.26 Å². The summed E-state index contributed by atoms with van der Waals surface area (Å²) in [6, 6.07) is 13.2. The number of carbonyl (C=O) groups excluding carboxylic acids is 3. The number of fused-ring (bicyclic) bond motifs is 1. The summed E-state index contributed by atoms with van der Waals surface area (Å²) in [6.07, 6.45) is 3.71. The molecule has 1 aromatic carbocycles. The van der Waals surface area contributed by atoms with Gasteiger partial charge in [-0.3, -0.25) is 9.59 Å². The van der Waals surface area contributed by atoms with E-state index in [9.17, 15) is 19.6 Å². The maximum absolute atomic E-state index is 13.7.